The molecule has 0 unspecified atom stereocenters. The van der Waals surface area contributed by atoms with Crippen LogP contribution < -0.4 is 4.74 Å². The topological polar surface area (TPSA) is 52.4 Å². The van der Waals surface area contributed by atoms with E-state index in [1.54, 1.807) is 13.0 Å². The van der Waals surface area contributed by atoms with Gasteiger partial charge in [0, 0.05) is 16.8 Å². The zero-order valence-electron chi connectivity index (χ0n) is 12.4. The summed E-state index contributed by atoms with van der Waals surface area (Å²) in [7, 11) is 0. The number of ether oxygens (including phenoxy) is 1. The minimum Gasteiger partial charge on any atom is -0.492 e. The fourth-order valence-corrected chi connectivity index (χ4v) is 3.71. The van der Waals surface area contributed by atoms with Gasteiger partial charge in [0.15, 0.2) is 0 Å². The first-order valence-electron chi connectivity index (χ1n) is 7.51. The summed E-state index contributed by atoms with van der Waals surface area (Å²) in [5.41, 5.74) is 0.898. The van der Waals surface area contributed by atoms with Crippen molar-refractivity contribution in [2.45, 2.75) is 45.4 Å². The van der Waals surface area contributed by atoms with Gasteiger partial charge in [0.1, 0.15) is 5.75 Å². The molecule has 0 N–H and O–H groups in total. The summed E-state index contributed by atoms with van der Waals surface area (Å²) in [5.74, 6) is 0.633. The standard InChI is InChI=1S/C16H22BrNO3/c1-13-14(18(19)20)7-6-8-15(13)21-12-16(11-17)9-4-2-3-5-10-16/h6-8H,2-5,9-12H2,1H3. The Labute approximate surface area is 134 Å². The Balaban J connectivity index is 2.11. The zero-order chi connectivity index (χ0) is 15.3. The normalized spacial score (nSPS) is 18.0. The Morgan fingerprint density at radius 1 is 1.29 bits per heavy atom. The fourth-order valence-electron chi connectivity index (χ4n) is 2.98. The summed E-state index contributed by atoms with van der Waals surface area (Å²) >= 11 is 3.64. The first-order chi connectivity index (χ1) is 10.1. The molecule has 116 valence electrons. The lowest BCUT2D eigenvalue weighted by molar-refractivity contribution is -0.385. The van der Waals surface area contributed by atoms with Gasteiger partial charge in [-0.1, -0.05) is 47.7 Å². The summed E-state index contributed by atoms with van der Waals surface area (Å²) < 4.78 is 5.98. The van der Waals surface area contributed by atoms with Crippen LogP contribution in [-0.2, 0) is 0 Å². The first kappa shape index (κ1) is 16.3. The Morgan fingerprint density at radius 2 is 1.95 bits per heavy atom. The molecule has 21 heavy (non-hydrogen) atoms. The second-order valence-corrected chi connectivity index (χ2v) is 6.55. The van der Waals surface area contributed by atoms with Crippen LogP contribution in [0.2, 0.25) is 0 Å². The minimum atomic E-state index is -0.353. The van der Waals surface area contributed by atoms with E-state index in [1.165, 1.54) is 31.7 Å². The zero-order valence-corrected chi connectivity index (χ0v) is 14.0. The number of nitro benzene ring substituents is 1. The van der Waals surface area contributed by atoms with Crippen molar-refractivity contribution in [2.75, 3.05) is 11.9 Å². The van der Waals surface area contributed by atoms with E-state index < -0.39 is 0 Å². The molecule has 0 radical (unpaired) electrons. The molecule has 0 amide bonds. The summed E-state index contributed by atoms with van der Waals surface area (Å²) in [6.45, 7) is 2.38. The van der Waals surface area contributed by atoms with Crippen molar-refractivity contribution in [3.63, 3.8) is 0 Å². The number of benzene rings is 1. The molecule has 5 heteroatoms. The summed E-state index contributed by atoms with van der Waals surface area (Å²) in [5, 5.41) is 11.9. The van der Waals surface area contributed by atoms with E-state index in [0.717, 1.165) is 18.2 Å². The van der Waals surface area contributed by atoms with Gasteiger partial charge in [-0.05, 0) is 25.8 Å². The molecule has 1 aromatic carbocycles. The Hall–Kier alpha value is -1.10. The Kier molecular flexibility index (Phi) is 5.62. The summed E-state index contributed by atoms with van der Waals surface area (Å²) in [4.78, 5) is 10.6. The molecule has 1 aliphatic carbocycles. The van der Waals surface area contributed by atoms with Crippen molar-refractivity contribution in [2.24, 2.45) is 5.41 Å². The van der Waals surface area contributed by atoms with E-state index in [4.69, 9.17) is 4.74 Å². The third kappa shape index (κ3) is 3.96. The average Bonchev–Trinajstić information content (AvgIpc) is 2.72. The van der Waals surface area contributed by atoms with Gasteiger partial charge in [-0.3, -0.25) is 10.1 Å². The molecule has 0 aromatic heterocycles. The van der Waals surface area contributed by atoms with Crippen LogP contribution >= 0.6 is 15.9 Å². The van der Waals surface area contributed by atoms with Crippen molar-refractivity contribution in [3.8, 4) is 5.75 Å². The first-order valence-corrected chi connectivity index (χ1v) is 8.63. The number of nitrogens with zero attached hydrogens (tertiary/aromatic N) is 1. The Bertz CT molecular complexity index is 496. The highest BCUT2D eigenvalue weighted by molar-refractivity contribution is 9.09. The molecule has 0 bridgehead atoms. The monoisotopic (exact) mass is 355 g/mol. The maximum Gasteiger partial charge on any atom is 0.276 e. The summed E-state index contributed by atoms with van der Waals surface area (Å²) in [6.07, 6.45) is 7.39. The van der Waals surface area contributed by atoms with Crippen LogP contribution in [0.5, 0.6) is 5.75 Å². The minimum absolute atomic E-state index is 0.126. The highest BCUT2D eigenvalue weighted by atomic mass is 79.9. The van der Waals surface area contributed by atoms with E-state index in [1.807, 2.05) is 6.07 Å². The lowest BCUT2D eigenvalue weighted by Gasteiger charge is -2.30. The molecule has 0 saturated heterocycles. The van der Waals surface area contributed by atoms with Gasteiger partial charge in [0.2, 0.25) is 0 Å². The fraction of sp³-hybridized carbons (Fsp3) is 0.625. The maximum atomic E-state index is 11.0. The quantitative estimate of drug-likeness (QED) is 0.322. The molecule has 0 spiro atoms. The number of halogens is 1. The molecule has 1 saturated carbocycles. The van der Waals surface area contributed by atoms with E-state index in [9.17, 15) is 10.1 Å². The molecule has 4 nitrogen and oxygen atoms in total. The molecular weight excluding hydrogens is 334 g/mol. The van der Waals surface area contributed by atoms with Gasteiger partial charge in [-0.25, -0.2) is 0 Å². The molecule has 1 aromatic rings. The van der Waals surface area contributed by atoms with Crippen molar-refractivity contribution < 1.29 is 9.66 Å². The van der Waals surface area contributed by atoms with Crippen LogP contribution in [0.1, 0.15) is 44.1 Å². The van der Waals surface area contributed by atoms with Crippen LogP contribution in [0, 0.1) is 22.5 Å². The van der Waals surface area contributed by atoms with Crippen LogP contribution in [0.25, 0.3) is 0 Å². The van der Waals surface area contributed by atoms with Crippen LogP contribution in [0.15, 0.2) is 18.2 Å². The van der Waals surface area contributed by atoms with Crippen LogP contribution in [0.4, 0.5) is 5.69 Å². The number of hydrogen-bond acceptors (Lipinski definition) is 3. The molecule has 0 aliphatic heterocycles. The smallest absolute Gasteiger partial charge is 0.276 e. The summed E-state index contributed by atoms with van der Waals surface area (Å²) in [6, 6.07) is 5.03. The van der Waals surface area contributed by atoms with Crippen molar-refractivity contribution in [1.29, 1.82) is 0 Å². The number of nitro groups is 1. The molecular formula is C16H22BrNO3. The largest absolute Gasteiger partial charge is 0.492 e. The number of rotatable bonds is 5. The average molecular weight is 356 g/mol. The molecule has 2 rings (SSSR count). The van der Waals surface area contributed by atoms with Gasteiger partial charge in [-0.2, -0.15) is 0 Å². The second-order valence-electron chi connectivity index (χ2n) is 5.99. The maximum absolute atomic E-state index is 11.0. The SMILES string of the molecule is Cc1c(OCC2(CBr)CCCCCC2)cccc1[N+](=O)[O-]. The third-order valence-electron chi connectivity index (χ3n) is 4.43. The van der Waals surface area contributed by atoms with Gasteiger partial charge in [0.25, 0.3) is 5.69 Å². The van der Waals surface area contributed by atoms with Gasteiger partial charge in [-0.15, -0.1) is 0 Å². The van der Waals surface area contributed by atoms with Gasteiger partial charge in [0.05, 0.1) is 17.1 Å². The van der Waals surface area contributed by atoms with Gasteiger partial charge < -0.3 is 4.74 Å². The number of hydrogen-bond donors (Lipinski definition) is 0. The van der Waals surface area contributed by atoms with Crippen molar-refractivity contribution in [3.05, 3.63) is 33.9 Å². The highest BCUT2D eigenvalue weighted by Gasteiger charge is 2.31. The van der Waals surface area contributed by atoms with Crippen LogP contribution in [0.3, 0.4) is 0 Å². The molecule has 0 atom stereocenters. The number of alkyl halides is 1. The predicted molar refractivity (Wildman–Crippen MR) is 87.3 cm³/mol. The lowest BCUT2D eigenvalue weighted by Crippen LogP contribution is -2.30. The molecule has 1 aliphatic rings. The molecule has 0 heterocycles. The molecule has 1 fully saturated rings. The van der Waals surface area contributed by atoms with Crippen molar-refractivity contribution >= 4 is 21.6 Å². The van der Waals surface area contributed by atoms with Crippen LogP contribution in [-0.4, -0.2) is 16.9 Å². The van der Waals surface area contributed by atoms with E-state index in [0.29, 0.717) is 17.9 Å². The third-order valence-corrected chi connectivity index (χ3v) is 5.62. The van der Waals surface area contributed by atoms with E-state index >= 15 is 0 Å². The Morgan fingerprint density at radius 3 is 2.52 bits per heavy atom. The highest BCUT2D eigenvalue weighted by Crippen LogP contribution is 2.38. The van der Waals surface area contributed by atoms with E-state index in [2.05, 4.69) is 15.9 Å². The second kappa shape index (κ2) is 7.25. The van der Waals surface area contributed by atoms with E-state index in [-0.39, 0.29) is 16.0 Å². The predicted octanol–water partition coefficient (Wildman–Crippen LogP) is 5.02. The van der Waals surface area contributed by atoms with Crippen molar-refractivity contribution in [1.82, 2.24) is 0 Å². The van der Waals surface area contributed by atoms with Gasteiger partial charge >= 0.3 is 0 Å². The lowest BCUT2D eigenvalue weighted by atomic mass is 9.83.